The zero-order chi connectivity index (χ0) is 108. The van der Waals surface area contributed by atoms with E-state index >= 15 is 0 Å². The second-order valence-corrected chi connectivity index (χ2v) is 38.6. The molecule has 144 heavy (non-hydrogen) atoms. The van der Waals surface area contributed by atoms with Crippen LogP contribution < -0.4 is 37.9 Å². The number of halogens is 13. The molecule has 0 radical (unpaired) electrons. The quantitative estimate of drug-likeness (QED) is 0.0197. The molecule has 2 aliphatic rings. The molecule has 10 rings (SSSR count). The number of nitrogens with zero attached hydrogens (tertiary/aromatic N) is 2. The van der Waals surface area contributed by atoms with Crippen LogP contribution in [0.1, 0.15) is 362 Å². The highest BCUT2D eigenvalue weighted by atomic mass is 19.4. The molecule has 0 aromatic heterocycles. The van der Waals surface area contributed by atoms with Crippen molar-refractivity contribution in [3.63, 3.8) is 0 Å². The zero-order valence-electron chi connectivity index (χ0n) is 89.0. The van der Waals surface area contributed by atoms with Crippen molar-refractivity contribution < 1.29 is 126 Å². The second kappa shape index (κ2) is 67.7. The number of piperidine rings is 2. The Morgan fingerprint density at radius 2 is 0.576 bits per heavy atom. The van der Waals surface area contributed by atoms with Crippen LogP contribution in [0.15, 0.2) is 164 Å². The first-order valence-corrected chi connectivity index (χ1v) is 51.1. The van der Waals surface area contributed by atoms with E-state index in [9.17, 15) is 87.7 Å². The molecular weight excluding hydrogens is 1880 g/mol. The van der Waals surface area contributed by atoms with Crippen LogP contribution in [0.2, 0.25) is 0 Å². The van der Waals surface area contributed by atoms with Gasteiger partial charge in [0.05, 0.1) is 53.3 Å². The van der Waals surface area contributed by atoms with E-state index in [1.165, 1.54) is 97.7 Å². The Bertz CT molecular complexity index is 4770. The van der Waals surface area contributed by atoms with E-state index in [1.807, 2.05) is 118 Å². The van der Waals surface area contributed by atoms with Crippen LogP contribution in [0.5, 0.6) is 46.0 Å². The van der Waals surface area contributed by atoms with Crippen LogP contribution in [0, 0.1) is 0 Å². The number of aliphatic hydroxyl groups excluding tert-OH is 6. The van der Waals surface area contributed by atoms with Gasteiger partial charge in [-0.1, -0.05) is 226 Å². The molecule has 6 unspecified atom stereocenters. The number of rotatable bonds is 42. The predicted molar refractivity (Wildman–Crippen MR) is 551 cm³/mol. The molecular formula is C115H167F13N2O14. The molecule has 0 aliphatic carbocycles. The number of benzene rings is 8. The van der Waals surface area contributed by atoms with Crippen molar-refractivity contribution in [1.82, 2.24) is 9.80 Å². The predicted octanol–water partition coefficient (Wildman–Crippen LogP) is 30.0. The van der Waals surface area contributed by atoms with Gasteiger partial charge in [-0.25, -0.2) is 17.6 Å². The fraction of sp³-hybridized carbons (Fsp3) is 0.583. The molecule has 0 bridgehead atoms. The van der Waals surface area contributed by atoms with Crippen molar-refractivity contribution in [2.24, 2.45) is 0 Å². The Morgan fingerprint density at radius 1 is 0.250 bits per heavy atom. The maximum Gasteiger partial charge on any atom is 0.419 e. The molecule has 0 spiro atoms. The molecule has 2 heterocycles. The van der Waals surface area contributed by atoms with Gasteiger partial charge in [0, 0.05) is 24.2 Å². The van der Waals surface area contributed by atoms with Crippen LogP contribution in [-0.2, 0) is 18.5 Å². The normalized spacial score (nSPS) is 14.3. The number of ether oxygens (including phenoxy) is 8. The minimum atomic E-state index is -4.46. The van der Waals surface area contributed by atoms with Gasteiger partial charge >= 0.3 is 18.5 Å². The number of alkyl halides is 13. The first kappa shape index (κ1) is 129. The molecule has 2 saturated heterocycles. The topological polar surface area (TPSA) is 202 Å². The van der Waals surface area contributed by atoms with Crippen molar-refractivity contribution in [2.75, 3.05) is 92.1 Å². The summed E-state index contributed by atoms with van der Waals surface area (Å²) < 4.78 is 212. The molecule has 29 heteroatoms. The third-order valence-corrected chi connectivity index (χ3v) is 24.0. The number of likely N-dealkylation sites (tertiary alicyclic amines) is 2. The zero-order valence-corrected chi connectivity index (χ0v) is 89.0. The molecule has 2 aliphatic heterocycles. The largest absolute Gasteiger partial charge is 0.492 e. The SMILES string of the molecule is CC(C)c1cc(OCCN2CCCCC2)ccc1C(F)(F)F.CC(C)c1cc(OCCN2CCCCC2)ccc1C(F)F.CCC(O)COc1ccc(C(C)C)c(C(F)(F)F)c1.CCC(O)COc1ccc(C(C)C)c(C(F)F)c1.CCC(O)COc1ccc(C(C)C)cc1.CCC(O)COc1ccc(C(C)C)cc1C(F)(F)F.CCC(O)COc1cccc(C(C)C)c1.CCC(O)COc1ccccc1C(C)C. The van der Waals surface area contributed by atoms with Crippen LogP contribution in [0.4, 0.5) is 57.1 Å². The third kappa shape index (κ3) is 50.1. The highest BCUT2D eigenvalue weighted by molar-refractivity contribution is 5.44. The van der Waals surface area contributed by atoms with Gasteiger partial charge in [0.2, 0.25) is 0 Å². The van der Waals surface area contributed by atoms with Gasteiger partial charge in [0.25, 0.3) is 12.9 Å². The summed E-state index contributed by atoms with van der Waals surface area (Å²) in [5.74, 6) is 5.25. The summed E-state index contributed by atoms with van der Waals surface area (Å²) in [6, 6.07) is 45.8. The smallest absolute Gasteiger partial charge is 0.419 e. The van der Waals surface area contributed by atoms with Crippen LogP contribution in [0.3, 0.4) is 0 Å². The fourth-order valence-electron chi connectivity index (χ4n) is 14.5. The summed E-state index contributed by atoms with van der Waals surface area (Å²) in [4.78, 5) is 4.75. The van der Waals surface area contributed by atoms with Crippen molar-refractivity contribution in [1.29, 1.82) is 0 Å². The second-order valence-electron chi connectivity index (χ2n) is 38.6. The average Bonchev–Trinajstić information content (AvgIpc) is 0.812. The van der Waals surface area contributed by atoms with E-state index in [0.29, 0.717) is 110 Å². The number of para-hydroxylation sites is 1. The maximum absolute atomic E-state index is 13.0. The van der Waals surface area contributed by atoms with E-state index in [-0.39, 0.29) is 95.9 Å². The minimum Gasteiger partial charge on any atom is -0.492 e. The average molecular weight is 2050 g/mol. The van der Waals surface area contributed by atoms with Crippen molar-refractivity contribution in [3.8, 4) is 46.0 Å². The number of aliphatic hydroxyl groups is 6. The van der Waals surface area contributed by atoms with Crippen LogP contribution in [-0.4, -0.2) is 169 Å². The van der Waals surface area contributed by atoms with Crippen molar-refractivity contribution in [3.05, 3.63) is 236 Å². The molecule has 2 fully saturated rings. The van der Waals surface area contributed by atoms with E-state index in [1.54, 1.807) is 71.9 Å². The number of hydrogen-bond donors (Lipinski definition) is 6. The molecule has 6 N–H and O–H groups in total. The summed E-state index contributed by atoms with van der Waals surface area (Å²) in [5, 5.41) is 56.2. The lowest BCUT2D eigenvalue weighted by molar-refractivity contribution is -0.139. The lowest BCUT2D eigenvalue weighted by atomic mass is 9.96. The summed E-state index contributed by atoms with van der Waals surface area (Å²) in [5.41, 5.74) is 4.32. The summed E-state index contributed by atoms with van der Waals surface area (Å²) in [6.45, 7) is 50.8. The maximum atomic E-state index is 13.0. The van der Waals surface area contributed by atoms with E-state index < -0.39 is 66.4 Å². The molecule has 8 aromatic rings. The number of hydrogen-bond acceptors (Lipinski definition) is 16. The standard InChI is InChI=1S/C17H24F3NO.C17H25F2NO.2C14H19F3O2.C14H20F2O2.3C13H20O2/c1-13(2)15-12-14(6-7-16(15)17(18,19)20)22-11-10-21-8-4-3-5-9-21;1-13(2)16-12-14(6-7-15(16)17(18)19)21-11-10-20-8-4-3-5-9-20;1-4-11(18)8-19-13-6-5-10(9(2)3)7-12(13)14(15,16)17;1-4-10(18)8-19-11-5-6-12(9(2)3)13(7-11)14(15,16)17;1-4-10(17)8-18-11-5-6-12(9(2)3)13(7-11)14(15)16;1-4-12(14)9-15-13-7-5-11(6-8-13)10(2)3;1-4-12(14)9-15-13-7-5-6-11(8-13)10(2)3;1-4-11(14)9-15-13-8-6-5-7-12(13)10(2)3/h6-7,12-13H,3-5,8-11H2,1-2H3;6-7,12-13,17H,3-5,8-11H2,1-2H3;5-7,9,11,18H,4,8H2,1-3H3;5-7,9-10,18H,4,8H2,1-3H3;5-7,9-10,14,17H,4,8H2,1-3H3;2*5-8,10,12,14H,4,9H2,1-3H3;5-8,10-11,14H,4,9H2,1-3H3. The molecule has 6 atom stereocenters. The summed E-state index contributed by atoms with van der Waals surface area (Å²) >= 11 is 0. The first-order chi connectivity index (χ1) is 67.8. The molecule has 8 aromatic carbocycles. The van der Waals surface area contributed by atoms with E-state index in [0.717, 1.165) is 94.0 Å². The van der Waals surface area contributed by atoms with E-state index in [2.05, 4.69) is 75.6 Å². The Kier molecular flexibility index (Phi) is 60.7. The lowest BCUT2D eigenvalue weighted by Crippen LogP contribution is -2.33. The molecule has 16 nitrogen and oxygen atoms in total. The van der Waals surface area contributed by atoms with Gasteiger partial charge in [-0.3, -0.25) is 9.80 Å². The van der Waals surface area contributed by atoms with Crippen molar-refractivity contribution in [2.45, 2.75) is 345 Å². The third-order valence-electron chi connectivity index (χ3n) is 24.0. The van der Waals surface area contributed by atoms with Crippen molar-refractivity contribution >= 4 is 0 Å². The Balaban J connectivity index is 0.000000425. The molecule has 0 saturated carbocycles. The van der Waals surface area contributed by atoms with Gasteiger partial charge in [-0.2, -0.15) is 39.5 Å². The Labute approximate surface area is 850 Å². The van der Waals surface area contributed by atoms with Gasteiger partial charge in [-0.05, 0) is 285 Å². The van der Waals surface area contributed by atoms with Gasteiger partial charge in [0.15, 0.2) is 0 Å². The molecule has 812 valence electrons. The summed E-state index contributed by atoms with van der Waals surface area (Å²) in [6.07, 6.45) is -9.94. The monoisotopic (exact) mass is 2050 g/mol. The Hall–Kier alpha value is -9.07. The lowest BCUT2D eigenvalue weighted by Gasteiger charge is -2.26. The minimum absolute atomic E-state index is 0.00514. The first-order valence-electron chi connectivity index (χ1n) is 51.1. The molecule has 0 amide bonds. The van der Waals surface area contributed by atoms with Gasteiger partial charge in [0.1, 0.15) is 98.9 Å². The van der Waals surface area contributed by atoms with Crippen LogP contribution >= 0.6 is 0 Å². The Morgan fingerprint density at radius 3 is 0.972 bits per heavy atom. The highest BCUT2D eigenvalue weighted by Gasteiger charge is 2.38. The van der Waals surface area contributed by atoms with Gasteiger partial charge in [-0.15, -0.1) is 0 Å². The van der Waals surface area contributed by atoms with Gasteiger partial charge < -0.3 is 68.5 Å². The summed E-state index contributed by atoms with van der Waals surface area (Å²) in [7, 11) is 0. The fourth-order valence-corrected chi connectivity index (χ4v) is 14.5. The van der Waals surface area contributed by atoms with Crippen LogP contribution in [0.25, 0.3) is 0 Å². The van der Waals surface area contributed by atoms with E-state index in [4.69, 9.17) is 37.9 Å². The highest BCUT2D eigenvalue weighted by Crippen LogP contribution is 2.42.